The van der Waals surface area contributed by atoms with Crippen LogP contribution < -0.4 is 0 Å². The van der Waals surface area contributed by atoms with Crippen molar-refractivity contribution in [1.29, 1.82) is 0 Å². The van der Waals surface area contributed by atoms with Crippen molar-refractivity contribution in [2.75, 3.05) is 0 Å². The lowest BCUT2D eigenvalue weighted by Gasteiger charge is -2.00. The zero-order chi connectivity index (χ0) is 7.56. The Morgan fingerprint density at radius 1 is 1.50 bits per heavy atom. The van der Waals surface area contributed by atoms with Crippen molar-refractivity contribution in [3.8, 4) is 0 Å². The molecule has 0 spiro atoms. The summed E-state index contributed by atoms with van der Waals surface area (Å²) in [5.41, 5.74) is 2.32. The second-order valence-corrected chi connectivity index (χ2v) is 2.80. The predicted octanol–water partition coefficient (Wildman–Crippen LogP) is 2.72. The smallest absolute Gasteiger partial charge is 0.00748 e. The number of aryl methyl sites for hydroxylation is 1. The molecular weight excluding hydrogens is 140 g/mol. The van der Waals surface area contributed by atoms with Crippen LogP contribution in [0.15, 0.2) is 23.1 Å². The summed E-state index contributed by atoms with van der Waals surface area (Å²) in [6.07, 6.45) is 1.06. The summed E-state index contributed by atoms with van der Waals surface area (Å²) in [4.78, 5) is 0.986. The molecule has 1 rings (SSSR count). The summed E-state index contributed by atoms with van der Waals surface area (Å²) >= 11 is 4.26. The highest BCUT2D eigenvalue weighted by Crippen LogP contribution is 2.14. The lowest BCUT2D eigenvalue weighted by molar-refractivity contribution is 1.12. The van der Waals surface area contributed by atoms with Gasteiger partial charge in [0.1, 0.15) is 0 Å². The fourth-order valence-electron chi connectivity index (χ4n) is 0.829. The number of hydrogen-bond donors (Lipinski definition) is 1. The first-order valence-corrected chi connectivity index (χ1v) is 3.82. The molecule has 0 nitrogen and oxygen atoms in total. The summed E-state index contributed by atoms with van der Waals surface area (Å²) in [6.45, 7) is 5.95. The van der Waals surface area contributed by atoms with E-state index >= 15 is 0 Å². The summed E-state index contributed by atoms with van der Waals surface area (Å²) in [5.74, 6) is 0. The molecule has 53 valence electrons. The molecule has 1 aromatic carbocycles. The van der Waals surface area contributed by atoms with Gasteiger partial charge >= 0.3 is 0 Å². The summed E-state index contributed by atoms with van der Waals surface area (Å²) < 4.78 is 0. The van der Waals surface area contributed by atoms with E-state index in [9.17, 15) is 0 Å². The van der Waals surface area contributed by atoms with Crippen LogP contribution in [-0.2, 0) is 6.42 Å². The first-order chi connectivity index (χ1) is 4.74. The third kappa shape index (κ3) is 1.54. The maximum Gasteiger partial charge on any atom is 0.00748 e. The fourth-order valence-corrected chi connectivity index (χ4v) is 1.07. The van der Waals surface area contributed by atoms with Crippen molar-refractivity contribution in [3.63, 3.8) is 0 Å². The van der Waals surface area contributed by atoms with Gasteiger partial charge in [-0.05, 0) is 30.5 Å². The van der Waals surface area contributed by atoms with E-state index in [0.717, 1.165) is 16.9 Å². The Morgan fingerprint density at radius 3 is 2.70 bits per heavy atom. The molecular formula is C9H11S. The Bertz CT molecular complexity index is 228. The first kappa shape index (κ1) is 7.67. The number of benzene rings is 1. The van der Waals surface area contributed by atoms with Gasteiger partial charge in [0.15, 0.2) is 0 Å². The zero-order valence-corrected chi connectivity index (χ0v) is 6.99. The molecule has 10 heavy (non-hydrogen) atoms. The van der Waals surface area contributed by atoms with Crippen molar-refractivity contribution >= 4 is 12.6 Å². The Morgan fingerprint density at radius 2 is 2.20 bits per heavy atom. The number of hydrogen-bond acceptors (Lipinski definition) is 1. The van der Waals surface area contributed by atoms with Gasteiger partial charge in [0.2, 0.25) is 0 Å². The molecule has 0 bridgehead atoms. The van der Waals surface area contributed by atoms with E-state index in [2.05, 4.69) is 38.6 Å². The largest absolute Gasteiger partial charge is 0.143 e. The minimum atomic E-state index is 0.986. The molecule has 0 N–H and O–H groups in total. The normalized spacial score (nSPS) is 9.90. The maximum atomic E-state index is 4.26. The maximum absolute atomic E-state index is 4.26. The highest BCUT2D eigenvalue weighted by molar-refractivity contribution is 7.80. The van der Waals surface area contributed by atoms with Crippen molar-refractivity contribution in [2.24, 2.45) is 0 Å². The summed E-state index contributed by atoms with van der Waals surface area (Å²) in [7, 11) is 0. The van der Waals surface area contributed by atoms with E-state index in [1.54, 1.807) is 0 Å². The van der Waals surface area contributed by atoms with Crippen LogP contribution in [0.25, 0.3) is 0 Å². The standard InChI is InChI=1S/C9H11S/c1-3-8-5-4-7(2)9(10)6-8/h4-6,10H,2-3H2,1H3. The topological polar surface area (TPSA) is 0 Å². The number of rotatable bonds is 1. The van der Waals surface area contributed by atoms with Crippen LogP contribution in [0.2, 0.25) is 0 Å². The molecule has 1 radical (unpaired) electrons. The van der Waals surface area contributed by atoms with Gasteiger partial charge in [0, 0.05) is 4.90 Å². The molecule has 0 fully saturated rings. The van der Waals surface area contributed by atoms with E-state index in [-0.39, 0.29) is 0 Å². The van der Waals surface area contributed by atoms with E-state index in [0.29, 0.717) is 0 Å². The highest BCUT2D eigenvalue weighted by atomic mass is 32.1. The van der Waals surface area contributed by atoms with E-state index in [1.165, 1.54) is 5.56 Å². The van der Waals surface area contributed by atoms with Crippen molar-refractivity contribution in [1.82, 2.24) is 0 Å². The Labute approximate surface area is 67.7 Å². The molecule has 0 aliphatic carbocycles. The van der Waals surface area contributed by atoms with Crippen LogP contribution >= 0.6 is 12.6 Å². The molecule has 0 amide bonds. The highest BCUT2D eigenvalue weighted by Gasteiger charge is 1.93. The second kappa shape index (κ2) is 3.11. The third-order valence-electron chi connectivity index (χ3n) is 1.56. The van der Waals surface area contributed by atoms with Crippen LogP contribution in [0.3, 0.4) is 0 Å². The molecule has 0 heterocycles. The third-order valence-corrected chi connectivity index (χ3v) is 1.97. The van der Waals surface area contributed by atoms with Gasteiger partial charge < -0.3 is 0 Å². The lowest BCUT2D eigenvalue weighted by atomic mass is 10.1. The zero-order valence-electron chi connectivity index (χ0n) is 6.09. The Kier molecular flexibility index (Phi) is 2.39. The first-order valence-electron chi connectivity index (χ1n) is 3.38. The Hall–Kier alpha value is -0.430. The molecule has 0 unspecified atom stereocenters. The predicted molar refractivity (Wildman–Crippen MR) is 47.5 cm³/mol. The monoisotopic (exact) mass is 151 g/mol. The SMILES string of the molecule is [CH2]c1ccc(CC)cc1S. The van der Waals surface area contributed by atoms with Crippen molar-refractivity contribution in [3.05, 3.63) is 36.2 Å². The molecule has 0 aromatic heterocycles. The molecule has 1 aromatic rings. The van der Waals surface area contributed by atoms with Crippen LogP contribution in [0.4, 0.5) is 0 Å². The molecule has 0 saturated heterocycles. The Balaban J connectivity index is 3.04. The minimum Gasteiger partial charge on any atom is -0.143 e. The van der Waals surface area contributed by atoms with Gasteiger partial charge in [-0.2, -0.15) is 0 Å². The van der Waals surface area contributed by atoms with Crippen molar-refractivity contribution in [2.45, 2.75) is 18.2 Å². The summed E-state index contributed by atoms with van der Waals surface area (Å²) in [5, 5.41) is 0. The fraction of sp³-hybridized carbons (Fsp3) is 0.222. The van der Waals surface area contributed by atoms with Gasteiger partial charge in [-0.1, -0.05) is 19.1 Å². The quantitative estimate of drug-likeness (QED) is 0.586. The van der Waals surface area contributed by atoms with E-state index < -0.39 is 0 Å². The van der Waals surface area contributed by atoms with Gasteiger partial charge in [0.05, 0.1) is 0 Å². The molecule has 1 heteroatoms. The van der Waals surface area contributed by atoms with E-state index in [4.69, 9.17) is 0 Å². The van der Waals surface area contributed by atoms with Gasteiger partial charge in [-0.25, -0.2) is 0 Å². The van der Waals surface area contributed by atoms with Crippen LogP contribution in [0.5, 0.6) is 0 Å². The van der Waals surface area contributed by atoms with Crippen LogP contribution in [-0.4, -0.2) is 0 Å². The molecule has 0 saturated carbocycles. The van der Waals surface area contributed by atoms with Gasteiger partial charge in [-0.15, -0.1) is 12.6 Å². The average molecular weight is 151 g/mol. The van der Waals surface area contributed by atoms with Crippen LogP contribution in [0.1, 0.15) is 18.1 Å². The van der Waals surface area contributed by atoms with Crippen molar-refractivity contribution < 1.29 is 0 Å². The number of thiol groups is 1. The lowest BCUT2D eigenvalue weighted by Crippen LogP contribution is -1.81. The second-order valence-electron chi connectivity index (χ2n) is 2.32. The van der Waals surface area contributed by atoms with Gasteiger partial charge in [-0.3, -0.25) is 0 Å². The van der Waals surface area contributed by atoms with Gasteiger partial charge in [0.25, 0.3) is 0 Å². The van der Waals surface area contributed by atoms with E-state index in [1.807, 2.05) is 6.07 Å². The van der Waals surface area contributed by atoms with Crippen LogP contribution in [0, 0.1) is 6.92 Å². The molecule has 0 atom stereocenters. The molecule has 0 aliphatic rings. The summed E-state index contributed by atoms with van der Waals surface area (Å²) in [6, 6.07) is 6.15. The minimum absolute atomic E-state index is 0.986. The average Bonchev–Trinajstić information content (AvgIpc) is 1.95. The molecule has 0 aliphatic heterocycles.